The zero-order chi connectivity index (χ0) is 31.1. The van der Waals surface area contributed by atoms with Gasteiger partial charge >= 0.3 is 0 Å². The van der Waals surface area contributed by atoms with Crippen LogP contribution in [0.1, 0.15) is 29.9 Å². The maximum absolute atomic E-state index is 15.0. The summed E-state index contributed by atoms with van der Waals surface area (Å²) in [5.74, 6) is -9.71. The zero-order valence-corrected chi connectivity index (χ0v) is 23.5. The fourth-order valence-electron chi connectivity index (χ4n) is 7.72. The number of hydrazine groups is 1. The molecule has 0 radical (unpaired) electrons. The monoisotopic (exact) mass is 619 g/mol. The van der Waals surface area contributed by atoms with E-state index in [9.17, 15) is 33.9 Å². The Balaban J connectivity index is 1.47. The molecule has 2 aliphatic heterocycles. The first kappa shape index (κ1) is 28.2. The number of imide groups is 2. The van der Waals surface area contributed by atoms with Gasteiger partial charge in [-0.3, -0.25) is 29.8 Å². The Morgan fingerprint density at radius 1 is 0.886 bits per heavy atom. The van der Waals surface area contributed by atoms with E-state index in [0.717, 1.165) is 17.1 Å². The topological polar surface area (TPSA) is 127 Å². The van der Waals surface area contributed by atoms with Gasteiger partial charge in [0.15, 0.2) is 11.6 Å². The number of nitrogens with zero attached hydrogens (tertiary/aromatic N) is 2. The van der Waals surface area contributed by atoms with Crippen LogP contribution in [-0.2, 0) is 24.6 Å². The molecule has 2 saturated heterocycles. The summed E-state index contributed by atoms with van der Waals surface area (Å²) < 4.78 is 28.7. The standard InChI is InChI=1S/C32H24ClF2N3O6/c33-17-4-2-16(3-5-17)32-23(29(41)37(31(32)43)36-19-8-6-18(34)7-9-19)14-22-20(27(32)15-1-12-25(39)24(35)13-15)10-11-21-26(22)30(42)38(44)28(21)40/h1-10,12-13,21-23,26-27,36,39,44H,11,14H2. The van der Waals surface area contributed by atoms with Crippen molar-refractivity contribution in [2.75, 3.05) is 5.43 Å². The van der Waals surface area contributed by atoms with Gasteiger partial charge in [0.2, 0.25) is 0 Å². The molecule has 2 aliphatic carbocycles. The number of hydrogen-bond donors (Lipinski definition) is 3. The van der Waals surface area contributed by atoms with Crippen LogP contribution in [0.3, 0.4) is 0 Å². The van der Waals surface area contributed by atoms with Gasteiger partial charge in [-0.05, 0) is 78.4 Å². The van der Waals surface area contributed by atoms with E-state index in [1.54, 1.807) is 30.3 Å². The summed E-state index contributed by atoms with van der Waals surface area (Å²) in [6.45, 7) is 0. The average molecular weight is 620 g/mol. The van der Waals surface area contributed by atoms with E-state index in [0.29, 0.717) is 16.2 Å². The second-order valence-electron chi connectivity index (χ2n) is 11.6. The predicted octanol–water partition coefficient (Wildman–Crippen LogP) is 4.70. The van der Waals surface area contributed by atoms with Crippen molar-refractivity contribution in [3.05, 3.63) is 106 Å². The van der Waals surface area contributed by atoms with Crippen molar-refractivity contribution in [1.82, 2.24) is 10.1 Å². The molecule has 0 bridgehead atoms. The molecule has 44 heavy (non-hydrogen) atoms. The molecule has 224 valence electrons. The van der Waals surface area contributed by atoms with Crippen LogP contribution >= 0.6 is 11.6 Å². The van der Waals surface area contributed by atoms with Crippen LogP contribution < -0.4 is 5.43 Å². The van der Waals surface area contributed by atoms with Gasteiger partial charge in [-0.25, -0.2) is 8.78 Å². The van der Waals surface area contributed by atoms with Gasteiger partial charge in [0.1, 0.15) is 5.82 Å². The highest BCUT2D eigenvalue weighted by atomic mass is 35.5. The van der Waals surface area contributed by atoms with Gasteiger partial charge in [0, 0.05) is 10.9 Å². The quantitative estimate of drug-likeness (QED) is 0.220. The van der Waals surface area contributed by atoms with Crippen molar-refractivity contribution < 1.29 is 38.3 Å². The van der Waals surface area contributed by atoms with Crippen LogP contribution in [0.15, 0.2) is 78.4 Å². The molecule has 9 nitrogen and oxygen atoms in total. The maximum atomic E-state index is 15.0. The molecule has 0 spiro atoms. The first-order valence-corrected chi connectivity index (χ1v) is 14.3. The van der Waals surface area contributed by atoms with Gasteiger partial charge in [-0.1, -0.05) is 41.4 Å². The first-order valence-electron chi connectivity index (χ1n) is 14.0. The molecule has 12 heteroatoms. The van der Waals surface area contributed by atoms with Gasteiger partial charge in [-0.2, -0.15) is 10.1 Å². The molecular formula is C32H24ClF2N3O6. The molecule has 3 N–H and O–H groups in total. The molecule has 3 aromatic rings. The summed E-state index contributed by atoms with van der Waals surface area (Å²) in [7, 11) is 0. The lowest BCUT2D eigenvalue weighted by atomic mass is 9.49. The number of hydroxylamine groups is 2. The summed E-state index contributed by atoms with van der Waals surface area (Å²) in [4.78, 5) is 55.2. The van der Waals surface area contributed by atoms with Crippen LogP contribution in [0.5, 0.6) is 5.75 Å². The number of nitrogens with one attached hydrogen (secondary N) is 1. The van der Waals surface area contributed by atoms with E-state index >= 15 is 4.39 Å². The molecule has 1 saturated carbocycles. The molecule has 7 rings (SSSR count). The van der Waals surface area contributed by atoms with E-state index in [4.69, 9.17) is 11.6 Å². The highest BCUT2D eigenvalue weighted by molar-refractivity contribution is 6.30. The number of allylic oxidation sites excluding steroid dienone is 2. The highest BCUT2D eigenvalue weighted by Crippen LogP contribution is 2.64. The number of phenolic OH excluding ortho intramolecular Hbond substituents is 1. The van der Waals surface area contributed by atoms with Crippen LogP contribution in [0.2, 0.25) is 5.02 Å². The molecule has 4 amide bonds. The highest BCUT2D eigenvalue weighted by Gasteiger charge is 2.70. The van der Waals surface area contributed by atoms with Crippen LogP contribution in [0.4, 0.5) is 14.5 Å². The van der Waals surface area contributed by atoms with Crippen molar-refractivity contribution in [2.24, 2.45) is 23.7 Å². The molecule has 3 aromatic carbocycles. The van der Waals surface area contributed by atoms with E-state index in [1.807, 2.05) is 0 Å². The lowest BCUT2D eigenvalue weighted by Crippen LogP contribution is -2.53. The second-order valence-corrected chi connectivity index (χ2v) is 12.0. The van der Waals surface area contributed by atoms with Crippen LogP contribution in [-0.4, -0.2) is 44.0 Å². The van der Waals surface area contributed by atoms with E-state index in [2.05, 4.69) is 5.43 Å². The number of aromatic hydroxyl groups is 1. The fourth-order valence-corrected chi connectivity index (χ4v) is 7.84. The molecule has 3 fully saturated rings. The van der Waals surface area contributed by atoms with Crippen molar-refractivity contribution >= 4 is 40.9 Å². The maximum Gasteiger partial charge on any atom is 0.260 e. The van der Waals surface area contributed by atoms with E-state index < -0.39 is 76.0 Å². The predicted molar refractivity (Wildman–Crippen MR) is 151 cm³/mol. The molecule has 6 unspecified atom stereocenters. The van der Waals surface area contributed by atoms with Gasteiger partial charge in [0.05, 0.1) is 28.9 Å². The summed E-state index contributed by atoms with van der Waals surface area (Å²) in [5, 5.41) is 21.6. The average Bonchev–Trinajstić information content (AvgIpc) is 3.36. The third-order valence-corrected chi connectivity index (χ3v) is 9.79. The molecule has 6 atom stereocenters. The Hall–Kier alpha value is -4.61. The number of amides is 4. The Labute approximate surface area is 254 Å². The summed E-state index contributed by atoms with van der Waals surface area (Å²) in [5.41, 5.74) is 2.60. The van der Waals surface area contributed by atoms with E-state index in [-0.39, 0.29) is 29.2 Å². The molecule has 0 aromatic heterocycles. The van der Waals surface area contributed by atoms with E-state index in [1.165, 1.54) is 30.3 Å². The normalized spacial score (nSPS) is 29.4. The number of anilines is 1. The minimum atomic E-state index is -1.68. The zero-order valence-electron chi connectivity index (χ0n) is 22.8. The summed E-state index contributed by atoms with van der Waals surface area (Å²) in [6, 6.07) is 15.2. The van der Waals surface area contributed by atoms with Crippen molar-refractivity contribution in [3.8, 4) is 5.75 Å². The number of rotatable bonds is 4. The third kappa shape index (κ3) is 3.85. The van der Waals surface area contributed by atoms with Crippen molar-refractivity contribution in [3.63, 3.8) is 0 Å². The number of fused-ring (bicyclic) bond motifs is 4. The largest absolute Gasteiger partial charge is 0.505 e. The Kier molecular flexibility index (Phi) is 6.38. The lowest BCUT2D eigenvalue weighted by molar-refractivity contribution is -0.173. The van der Waals surface area contributed by atoms with Crippen molar-refractivity contribution in [2.45, 2.75) is 24.2 Å². The Morgan fingerprint density at radius 3 is 2.27 bits per heavy atom. The van der Waals surface area contributed by atoms with Crippen molar-refractivity contribution in [1.29, 1.82) is 0 Å². The Morgan fingerprint density at radius 2 is 1.59 bits per heavy atom. The number of phenols is 1. The smallest absolute Gasteiger partial charge is 0.260 e. The summed E-state index contributed by atoms with van der Waals surface area (Å²) in [6.07, 6.45) is 1.79. The van der Waals surface area contributed by atoms with Gasteiger partial charge in [0.25, 0.3) is 23.6 Å². The molecular weight excluding hydrogens is 596 g/mol. The number of benzene rings is 3. The third-order valence-electron chi connectivity index (χ3n) is 9.54. The summed E-state index contributed by atoms with van der Waals surface area (Å²) >= 11 is 6.22. The second kappa shape index (κ2) is 9.96. The van der Waals surface area contributed by atoms with Gasteiger partial charge in [-0.15, -0.1) is 0 Å². The number of carbonyl (C=O) groups is 4. The minimum absolute atomic E-state index is 0.0360. The van der Waals surface area contributed by atoms with Gasteiger partial charge < -0.3 is 5.11 Å². The number of hydrogen-bond acceptors (Lipinski definition) is 7. The van der Waals surface area contributed by atoms with Crippen LogP contribution in [0.25, 0.3) is 0 Å². The minimum Gasteiger partial charge on any atom is -0.505 e. The Bertz CT molecular complexity index is 1780. The molecule has 4 aliphatic rings. The lowest BCUT2D eigenvalue weighted by Gasteiger charge is -2.50. The molecule has 2 heterocycles. The first-order chi connectivity index (χ1) is 21.0. The van der Waals surface area contributed by atoms with Crippen LogP contribution in [0, 0.1) is 35.3 Å². The number of carbonyl (C=O) groups excluding carboxylic acids is 4. The fraction of sp³-hybridized carbons (Fsp3) is 0.250. The SMILES string of the molecule is O=C1C2CC=C3C(CC4C(=O)N(Nc5ccc(F)cc5)C(=O)C4(c4ccc(Cl)cc4)C3c3ccc(O)c(F)c3)C2C(=O)N1O. The number of halogens is 3.